The summed E-state index contributed by atoms with van der Waals surface area (Å²) in [5.41, 5.74) is 10.5. The van der Waals surface area contributed by atoms with Gasteiger partial charge in [0.15, 0.2) is 0 Å². The summed E-state index contributed by atoms with van der Waals surface area (Å²) in [6.07, 6.45) is 0. The lowest BCUT2D eigenvalue weighted by Crippen LogP contribution is -2.19. The van der Waals surface area contributed by atoms with Crippen molar-refractivity contribution in [1.82, 2.24) is 5.43 Å². The third-order valence-corrected chi connectivity index (χ3v) is 3.80. The van der Waals surface area contributed by atoms with Gasteiger partial charge >= 0.3 is 0 Å². The predicted octanol–water partition coefficient (Wildman–Crippen LogP) is 3.28. The first-order valence-electron chi connectivity index (χ1n) is 7.47. The molecular weight excluding hydrogens is 302 g/mol. The number of nitrogens with two attached hydrogens (primary N) is 1. The molecule has 3 rings (SSSR count). The number of amides is 1. The Hall–Kier alpha value is -3.34. The summed E-state index contributed by atoms with van der Waals surface area (Å²) < 4.78 is 0. The molecule has 0 fully saturated rings. The average Bonchev–Trinajstić information content (AvgIpc) is 2.60. The second-order valence-electron chi connectivity index (χ2n) is 5.44. The number of benzene rings is 3. The van der Waals surface area contributed by atoms with Crippen LogP contribution in [0, 0.1) is 0 Å². The molecule has 3 aromatic carbocycles. The molecule has 3 aromatic rings. The van der Waals surface area contributed by atoms with Crippen molar-refractivity contribution >= 4 is 28.1 Å². The van der Waals surface area contributed by atoms with Crippen molar-refractivity contribution < 1.29 is 9.90 Å². The number of fused-ring (bicyclic) bond motifs is 1. The number of carbonyl (C=O) groups is 1. The van der Waals surface area contributed by atoms with Gasteiger partial charge in [0.05, 0.1) is 11.3 Å². The van der Waals surface area contributed by atoms with Gasteiger partial charge in [0.2, 0.25) is 0 Å². The number of nitrogens with one attached hydrogen (secondary N) is 1. The van der Waals surface area contributed by atoms with Crippen molar-refractivity contribution in [3.63, 3.8) is 0 Å². The number of rotatable bonds is 3. The van der Waals surface area contributed by atoms with E-state index in [9.17, 15) is 9.90 Å². The predicted molar refractivity (Wildman–Crippen MR) is 96.1 cm³/mol. The van der Waals surface area contributed by atoms with Crippen LogP contribution in [-0.4, -0.2) is 16.7 Å². The molecule has 0 aromatic heterocycles. The van der Waals surface area contributed by atoms with E-state index in [1.807, 2.05) is 30.3 Å². The van der Waals surface area contributed by atoms with Gasteiger partial charge in [-0.1, -0.05) is 42.5 Å². The summed E-state index contributed by atoms with van der Waals surface area (Å²) in [5.74, 6) is -0.515. The van der Waals surface area contributed by atoms with Crippen molar-refractivity contribution in [2.45, 2.75) is 6.92 Å². The van der Waals surface area contributed by atoms with E-state index in [1.54, 1.807) is 37.3 Å². The summed E-state index contributed by atoms with van der Waals surface area (Å²) in [6, 6.07) is 17.9. The number of anilines is 1. The number of phenolic OH excluding ortho intramolecular Hbond substituents is 1. The zero-order valence-corrected chi connectivity index (χ0v) is 13.2. The van der Waals surface area contributed by atoms with Crippen molar-refractivity contribution in [1.29, 1.82) is 0 Å². The fraction of sp³-hybridized carbons (Fsp3) is 0.0526. The first kappa shape index (κ1) is 15.6. The Morgan fingerprint density at radius 2 is 1.75 bits per heavy atom. The largest absolute Gasteiger partial charge is 0.506 e. The van der Waals surface area contributed by atoms with Crippen LogP contribution in [0.5, 0.6) is 5.75 Å². The molecule has 0 atom stereocenters. The molecule has 4 N–H and O–H groups in total. The quantitative estimate of drug-likeness (QED) is 0.393. The Balaban J connectivity index is 1.83. The molecular formula is C19H17N3O2. The first-order valence-corrected chi connectivity index (χ1v) is 7.47. The summed E-state index contributed by atoms with van der Waals surface area (Å²) in [5, 5.41) is 15.9. The monoisotopic (exact) mass is 319 g/mol. The highest BCUT2D eigenvalue weighted by Crippen LogP contribution is 2.28. The highest BCUT2D eigenvalue weighted by molar-refractivity contribution is 6.05. The van der Waals surface area contributed by atoms with Gasteiger partial charge in [-0.15, -0.1) is 0 Å². The van der Waals surface area contributed by atoms with Gasteiger partial charge in [-0.25, -0.2) is 5.43 Å². The maximum Gasteiger partial charge on any atom is 0.275 e. The molecule has 0 bridgehead atoms. The van der Waals surface area contributed by atoms with Crippen LogP contribution in [-0.2, 0) is 0 Å². The minimum Gasteiger partial charge on any atom is -0.506 e. The maximum atomic E-state index is 12.3. The summed E-state index contributed by atoms with van der Waals surface area (Å²) in [6.45, 7) is 1.78. The number of nitrogens with zero attached hydrogens (tertiary/aromatic N) is 1. The van der Waals surface area contributed by atoms with E-state index in [2.05, 4.69) is 10.5 Å². The molecule has 0 heterocycles. The van der Waals surface area contributed by atoms with Crippen molar-refractivity contribution in [2.24, 2.45) is 5.10 Å². The van der Waals surface area contributed by atoms with E-state index in [4.69, 9.17) is 5.73 Å². The Morgan fingerprint density at radius 1 is 1.04 bits per heavy atom. The van der Waals surface area contributed by atoms with E-state index in [-0.39, 0.29) is 11.3 Å². The molecule has 5 nitrogen and oxygen atoms in total. The second-order valence-corrected chi connectivity index (χ2v) is 5.44. The normalized spacial score (nSPS) is 11.5. The number of carbonyl (C=O) groups excluding carboxylic acids is 1. The van der Waals surface area contributed by atoms with E-state index >= 15 is 0 Å². The van der Waals surface area contributed by atoms with Gasteiger partial charge in [0.25, 0.3) is 5.91 Å². The topological polar surface area (TPSA) is 87.7 Å². The fourth-order valence-corrected chi connectivity index (χ4v) is 2.42. The van der Waals surface area contributed by atoms with Crippen LogP contribution in [0.15, 0.2) is 65.8 Å². The van der Waals surface area contributed by atoms with Crippen LogP contribution in [0.4, 0.5) is 5.69 Å². The molecule has 0 aliphatic heterocycles. The van der Waals surface area contributed by atoms with Crippen molar-refractivity contribution in [3.8, 4) is 5.75 Å². The maximum absolute atomic E-state index is 12.3. The lowest BCUT2D eigenvalue weighted by molar-refractivity contribution is 0.0952. The molecule has 0 unspecified atom stereocenters. The highest BCUT2D eigenvalue weighted by atomic mass is 16.3. The zero-order chi connectivity index (χ0) is 17.1. The lowest BCUT2D eigenvalue weighted by Gasteiger charge is -2.07. The first-order chi connectivity index (χ1) is 11.6. The van der Waals surface area contributed by atoms with Gasteiger partial charge in [-0.2, -0.15) is 5.10 Å². The van der Waals surface area contributed by atoms with E-state index in [0.29, 0.717) is 16.8 Å². The molecule has 0 radical (unpaired) electrons. The van der Waals surface area contributed by atoms with Crippen LogP contribution in [0.1, 0.15) is 22.8 Å². The minimum absolute atomic E-state index is 0.0501. The molecule has 0 saturated carbocycles. The van der Waals surface area contributed by atoms with Crippen LogP contribution in [0.3, 0.4) is 0 Å². The Bertz CT molecular complexity index is 931. The molecule has 0 aliphatic carbocycles. The third kappa shape index (κ3) is 3.05. The standard InChI is InChI=1S/C19H17N3O2/c1-12(13-6-9-15(20)10-7-13)21-22-19(24)17-11-8-14-4-2-3-5-16(14)18(17)23/h2-11,23H,20H2,1H3,(H,22,24)/b21-12+. The molecule has 1 amide bonds. The third-order valence-electron chi connectivity index (χ3n) is 3.80. The number of hydrazone groups is 1. The van der Waals surface area contributed by atoms with Crippen molar-refractivity contribution in [2.75, 3.05) is 5.73 Å². The SMILES string of the molecule is C/C(=N\NC(=O)c1ccc2ccccc2c1O)c1ccc(N)cc1. The summed E-state index contributed by atoms with van der Waals surface area (Å²) in [4.78, 5) is 12.3. The second kappa shape index (κ2) is 6.42. The van der Waals surface area contributed by atoms with E-state index in [0.717, 1.165) is 10.9 Å². The molecule has 24 heavy (non-hydrogen) atoms. The average molecular weight is 319 g/mol. The lowest BCUT2D eigenvalue weighted by atomic mass is 10.1. The van der Waals surface area contributed by atoms with Gasteiger partial charge in [-0.3, -0.25) is 4.79 Å². The van der Waals surface area contributed by atoms with Gasteiger partial charge in [-0.05, 0) is 36.1 Å². The van der Waals surface area contributed by atoms with Crippen LogP contribution in [0.25, 0.3) is 10.8 Å². The van der Waals surface area contributed by atoms with Gasteiger partial charge in [0, 0.05) is 11.1 Å². The highest BCUT2D eigenvalue weighted by Gasteiger charge is 2.13. The van der Waals surface area contributed by atoms with Crippen molar-refractivity contribution in [3.05, 3.63) is 71.8 Å². The van der Waals surface area contributed by atoms with Gasteiger partial charge < -0.3 is 10.8 Å². The molecule has 5 heteroatoms. The molecule has 0 aliphatic rings. The zero-order valence-electron chi connectivity index (χ0n) is 13.2. The molecule has 0 saturated heterocycles. The van der Waals surface area contributed by atoms with Crippen LogP contribution in [0.2, 0.25) is 0 Å². The Labute approximate surface area is 139 Å². The van der Waals surface area contributed by atoms with E-state index < -0.39 is 5.91 Å². The molecule has 120 valence electrons. The smallest absolute Gasteiger partial charge is 0.275 e. The van der Waals surface area contributed by atoms with Crippen LogP contribution >= 0.6 is 0 Å². The fourth-order valence-electron chi connectivity index (χ4n) is 2.42. The Morgan fingerprint density at radius 3 is 2.50 bits per heavy atom. The number of nitrogen functional groups attached to an aromatic ring is 1. The Kier molecular flexibility index (Phi) is 4.16. The van der Waals surface area contributed by atoms with Crippen LogP contribution < -0.4 is 11.2 Å². The number of hydrogen-bond donors (Lipinski definition) is 3. The molecule has 0 spiro atoms. The van der Waals surface area contributed by atoms with E-state index in [1.165, 1.54) is 0 Å². The number of aromatic hydroxyl groups is 1. The number of phenols is 1. The minimum atomic E-state index is -0.465. The summed E-state index contributed by atoms with van der Waals surface area (Å²) >= 11 is 0. The number of hydrogen-bond acceptors (Lipinski definition) is 4. The van der Waals surface area contributed by atoms with Gasteiger partial charge in [0.1, 0.15) is 5.75 Å². The summed E-state index contributed by atoms with van der Waals surface area (Å²) in [7, 11) is 0.